The SMILES string of the molecule is C=CCN(CC(=O)N1CCc2sccc2[C@H]1COc1ccccc1C)C(=O)NC(C)(C)C. The lowest BCUT2D eigenvalue weighted by atomic mass is 10.0. The summed E-state index contributed by atoms with van der Waals surface area (Å²) in [7, 11) is 0. The van der Waals surface area contributed by atoms with Gasteiger partial charge in [0.15, 0.2) is 0 Å². The summed E-state index contributed by atoms with van der Waals surface area (Å²) in [5.41, 5.74) is 1.81. The zero-order chi connectivity index (χ0) is 23.3. The van der Waals surface area contributed by atoms with Crippen molar-refractivity contribution >= 4 is 23.3 Å². The number of carbonyl (C=O) groups excluding carboxylic acids is 2. The highest BCUT2D eigenvalue weighted by molar-refractivity contribution is 7.10. The highest BCUT2D eigenvalue weighted by Gasteiger charge is 2.33. The number of aryl methyl sites for hydroxylation is 1. The number of rotatable bonds is 7. The molecule has 1 aliphatic heterocycles. The van der Waals surface area contributed by atoms with E-state index in [4.69, 9.17) is 4.74 Å². The molecule has 2 heterocycles. The molecule has 0 radical (unpaired) electrons. The van der Waals surface area contributed by atoms with Gasteiger partial charge >= 0.3 is 6.03 Å². The number of benzene rings is 1. The third-order valence-corrected chi connectivity index (χ3v) is 6.35. The van der Waals surface area contributed by atoms with Crippen LogP contribution in [0.4, 0.5) is 4.79 Å². The molecule has 7 heteroatoms. The van der Waals surface area contributed by atoms with Crippen molar-refractivity contribution in [2.24, 2.45) is 0 Å². The first-order valence-corrected chi connectivity index (χ1v) is 11.8. The van der Waals surface area contributed by atoms with Crippen LogP contribution in [-0.2, 0) is 11.2 Å². The van der Waals surface area contributed by atoms with Crippen LogP contribution in [-0.4, -0.2) is 53.5 Å². The Bertz CT molecular complexity index is 963. The molecule has 0 saturated carbocycles. The number of nitrogens with zero attached hydrogens (tertiary/aromatic N) is 2. The Labute approximate surface area is 194 Å². The van der Waals surface area contributed by atoms with E-state index in [0.29, 0.717) is 19.7 Å². The number of fused-ring (bicyclic) bond motifs is 1. The van der Waals surface area contributed by atoms with Crippen LogP contribution >= 0.6 is 11.3 Å². The summed E-state index contributed by atoms with van der Waals surface area (Å²) >= 11 is 1.72. The second-order valence-corrected chi connectivity index (χ2v) is 10.1. The Morgan fingerprint density at radius 2 is 2.06 bits per heavy atom. The molecule has 0 spiro atoms. The maximum Gasteiger partial charge on any atom is 0.318 e. The quantitative estimate of drug-likeness (QED) is 0.623. The second-order valence-electron chi connectivity index (χ2n) is 9.08. The minimum atomic E-state index is -0.389. The van der Waals surface area contributed by atoms with Gasteiger partial charge in [0.1, 0.15) is 18.9 Å². The summed E-state index contributed by atoms with van der Waals surface area (Å²) < 4.78 is 6.15. The largest absolute Gasteiger partial charge is 0.491 e. The zero-order valence-electron chi connectivity index (χ0n) is 19.4. The van der Waals surface area contributed by atoms with Gasteiger partial charge in [0.2, 0.25) is 5.91 Å². The van der Waals surface area contributed by atoms with Crippen molar-refractivity contribution in [2.45, 2.75) is 45.7 Å². The highest BCUT2D eigenvalue weighted by Crippen LogP contribution is 2.34. The Morgan fingerprint density at radius 1 is 1.31 bits per heavy atom. The summed E-state index contributed by atoms with van der Waals surface area (Å²) in [6, 6.07) is 9.51. The Morgan fingerprint density at radius 3 is 2.75 bits per heavy atom. The van der Waals surface area contributed by atoms with Crippen LogP contribution in [0.25, 0.3) is 0 Å². The number of hydrogen-bond donors (Lipinski definition) is 1. The van der Waals surface area contributed by atoms with Crippen molar-refractivity contribution in [1.82, 2.24) is 15.1 Å². The summed E-state index contributed by atoms with van der Waals surface area (Å²) in [4.78, 5) is 30.8. The molecular weight excluding hydrogens is 422 g/mol. The number of urea groups is 1. The molecule has 1 aromatic heterocycles. The first-order valence-electron chi connectivity index (χ1n) is 10.9. The number of hydrogen-bond acceptors (Lipinski definition) is 4. The van der Waals surface area contributed by atoms with Gasteiger partial charge in [-0.05, 0) is 62.8 Å². The molecule has 0 saturated heterocycles. The number of para-hydroxylation sites is 1. The predicted octanol–water partition coefficient (Wildman–Crippen LogP) is 4.56. The predicted molar refractivity (Wildman–Crippen MR) is 129 cm³/mol. The molecule has 1 atom stereocenters. The summed E-state index contributed by atoms with van der Waals surface area (Å²) in [5.74, 6) is 0.728. The molecule has 0 aliphatic carbocycles. The zero-order valence-corrected chi connectivity index (χ0v) is 20.2. The first-order chi connectivity index (χ1) is 15.2. The molecule has 2 aromatic rings. The standard InChI is InChI=1S/C25H33N3O3S/c1-6-13-27(24(30)26-25(3,4)5)16-23(29)28-14-11-22-19(12-15-32-22)20(28)17-31-21-10-8-7-9-18(21)2/h6-10,12,15,20H,1,11,13-14,16-17H2,2-5H3,(H,26,30)/t20-/m1/s1. The van der Waals surface area contributed by atoms with E-state index in [0.717, 1.165) is 23.3 Å². The van der Waals surface area contributed by atoms with Gasteiger partial charge in [0.25, 0.3) is 0 Å². The van der Waals surface area contributed by atoms with Crippen molar-refractivity contribution in [3.05, 3.63) is 64.4 Å². The molecule has 3 rings (SSSR count). The Hall–Kier alpha value is -2.80. The molecule has 1 aromatic carbocycles. The molecule has 32 heavy (non-hydrogen) atoms. The van der Waals surface area contributed by atoms with Gasteiger partial charge in [0.05, 0.1) is 6.04 Å². The second kappa shape index (κ2) is 10.2. The van der Waals surface area contributed by atoms with E-state index >= 15 is 0 Å². The van der Waals surface area contributed by atoms with Crippen LogP contribution in [0.1, 0.15) is 42.8 Å². The lowest BCUT2D eigenvalue weighted by Gasteiger charge is -2.37. The van der Waals surface area contributed by atoms with E-state index in [9.17, 15) is 9.59 Å². The number of nitrogens with one attached hydrogen (secondary N) is 1. The van der Waals surface area contributed by atoms with E-state index in [-0.39, 0.29) is 30.1 Å². The fourth-order valence-corrected chi connectivity index (χ4v) is 4.72. The summed E-state index contributed by atoms with van der Waals surface area (Å²) in [6.07, 6.45) is 2.46. The van der Waals surface area contributed by atoms with Gasteiger partial charge in [-0.3, -0.25) is 4.79 Å². The van der Waals surface area contributed by atoms with Crippen molar-refractivity contribution in [3.8, 4) is 5.75 Å². The molecule has 1 aliphatic rings. The molecule has 172 valence electrons. The molecule has 0 fully saturated rings. The van der Waals surface area contributed by atoms with Gasteiger partial charge in [-0.25, -0.2) is 4.79 Å². The fourth-order valence-electron chi connectivity index (χ4n) is 3.79. The van der Waals surface area contributed by atoms with E-state index in [1.807, 2.05) is 56.9 Å². The summed E-state index contributed by atoms with van der Waals surface area (Å²) in [5, 5.41) is 5.00. The van der Waals surface area contributed by atoms with Gasteiger partial charge in [-0.15, -0.1) is 17.9 Å². The maximum atomic E-state index is 13.4. The van der Waals surface area contributed by atoms with E-state index in [2.05, 4.69) is 23.3 Å². The molecule has 1 N–H and O–H groups in total. The van der Waals surface area contributed by atoms with Gasteiger partial charge < -0.3 is 19.9 Å². The first kappa shape index (κ1) is 23.9. The minimum absolute atomic E-state index is 0.00569. The Kier molecular flexibility index (Phi) is 7.61. The molecular formula is C25H33N3O3S. The molecule has 6 nitrogen and oxygen atoms in total. The smallest absolute Gasteiger partial charge is 0.318 e. The fraction of sp³-hybridized carbons (Fsp3) is 0.440. The van der Waals surface area contributed by atoms with Crippen molar-refractivity contribution in [3.63, 3.8) is 0 Å². The van der Waals surface area contributed by atoms with Crippen LogP contribution in [0.15, 0.2) is 48.4 Å². The number of amides is 3. The third kappa shape index (κ3) is 5.91. The van der Waals surface area contributed by atoms with Crippen LogP contribution in [0.3, 0.4) is 0 Å². The topological polar surface area (TPSA) is 61.9 Å². The summed E-state index contributed by atoms with van der Waals surface area (Å²) in [6.45, 7) is 12.8. The molecule has 0 unspecified atom stereocenters. The molecule has 0 bridgehead atoms. The lowest BCUT2D eigenvalue weighted by molar-refractivity contribution is -0.135. The van der Waals surface area contributed by atoms with Crippen LogP contribution in [0, 0.1) is 6.92 Å². The average Bonchev–Trinajstić information content (AvgIpc) is 3.20. The minimum Gasteiger partial charge on any atom is -0.491 e. The van der Waals surface area contributed by atoms with Gasteiger partial charge in [0, 0.05) is 23.5 Å². The van der Waals surface area contributed by atoms with E-state index in [1.165, 1.54) is 9.78 Å². The van der Waals surface area contributed by atoms with Crippen molar-refractivity contribution < 1.29 is 14.3 Å². The van der Waals surface area contributed by atoms with E-state index in [1.54, 1.807) is 17.4 Å². The number of ether oxygens (including phenoxy) is 1. The number of carbonyl (C=O) groups is 2. The van der Waals surface area contributed by atoms with Crippen molar-refractivity contribution in [2.75, 3.05) is 26.2 Å². The highest BCUT2D eigenvalue weighted by atomic mass is 32.1. The monoisotopic (exact) mass is 455 g/mol. The normalized spacial score (nSPS) is 15.6. The van der Waals surface area contributed by atoms with Crippen molar-refractivity contribution in [1.29, 1.82) is 0 Å². The van der Waals surface area contributed by atoms with Gasteiger partial charge in [-0.2, -0.15) is 0 Å². The van der Waals surface area contributed by atoms with Gasteiger partial charge in [-0.1, -0.05) is 24.3 Å². The third-order valence-electron chi connectivity index (χ3n) is 5.35. The average molecular weight is 456 g/mol. The van der Waals surface area contributed by atoms with Crippen LogP contribution in [0.5, 0.6) is 5.75 Å². The maximum absolute atomic E-state index is 13.4. The van der Waals surface area contributed by atoms with E-state index < -0.39 is 0 Å². The Balaban J connectivity index is 1.77. The molecule has 3 amide bonds. The van der Waals surface area contributed by atoms with Crippen LogP contribution in [0.2, 0.25) is 0 Å². The van der Waals surface area contributed by atoms with Crippen LogP contribution < -0.4 is 10.1 Å². The number of thiophene rings is 1. The lowest BCUT2D eigenvalue weighted by Crippen LogP contribution is -2.53.